The third kappa shape index (κ3) is 4.52. The van der Waals surface area contributed by atoms with Gasteiger partial charge in [-0.1, -0.05) is 29.3 Å². The number of rotatable bonds is 4. The molecule has 0 bridgehead atoms. The van der Waals surface area contributed by atoms with Gasteiger partial charge in [-0.05, 0) is 80.0 Å². The minimum Gasteiger partial charge on any atom is -0.425 e. The Hall–Kier alpha value is -1.60. The molecule has 1 aliphatic heterocycles. The Morgan fingerprint density at radius 1 is 0.967 bits per heavy atom. The first kappa shape index (κ1) is 21.6. The van der Waals surface area contributed by atoms with E-state index in [1.807, 2.05) is 12.1 Å². The molecule has 160 valence electrons. The average molecular weight is 468 g/mol. The topological polar surface area (TPSA) is 63.7 Å². The van der Waals surface area contributed by atoms with Crippen LogP contribution in [-0.4, -0.2) is 31.8 Å². The van der Waals surface area contributed by atoms with Crippen LogP contribution in [0.2, 0.25) is 10.0 Å². The van der Waals surface area contributed by atoms with Crippen molar-refractivity contribution >= 4 is 39.2 Å². The maximum atomic E-state index is 13.1. The second-order valence-electron chi connectivity index (χ2n) is 7.81. The lowest BCUT2D eigenvalue weighted by Gasteiger charge is -2.30. The van der Waals surface area contributed by atoms with Crippen LogP contribution in [0.4, 0.5) is 0 Å². The van der Waals surface area contributed by atoms with E-state index in [0.29, 0.717) is 22.8 Å². The molecule has 4 rings (SSSR count). The van der Waals surface area contributed by atoms with Gasteiger partial charge in [0, 0.05) is 18.1 Å². The zero-order chi connectivity index (χ0) is 21.3. The van der Waals surface area contributed by atoms with Crippen LogP contribution in [0.5, 0.6) is 5.75 Å². The van der Waals surface area contributed by atoms with Crippen molar-refractivity contribution in [1.82, 2.24) is 4.31 Å². The number of ether oxygens (including phenoxy) is 1. The number of sulfonamides is 1. The minimum atomic E-state index is -3.57. The van der Waals surface area contributed by atoms with E-state index in [1.165, 1.54) is 15.9 Å². The molecular formula is C22H23Cl2NO4S. The van der Waals surface area contributed by atoms with Crippen molar-refractivity contribution in [3.63, 3.8) is 0 Å². The summed E-state index contributed by atoms with van der Waals surface area (Å²) in [5.41, 5.74) is 2.39. The molecule has 1 fully saturated rings. The fourth-order valence-corrected chi connectivity index (χ4v) is 6.07. The Bertz CT molecular complexity index is 1060. The van der Waals surface area contributed by atoms with Crippen LogP contribution in [-0.2, 0) is 27.7 Å². The molecule has 0 spiro atoms. The Morgan fingerprint density at radius 2 is 1.67 bits per heavy atom. The highest BCUT2D eigenvalue weighted by molar-refractivity contribution is 7.89. The van der Waals surface area contributed by atoms with Gasteiger partial charge in [0.2, 0.25) is 10.0 Å². The number of hydrogen-bond donors (Lipinski definition) is 0. The number of benzene rings is 2. The first-order valence-corrected chi connectivity index (χ1v) is 12.3. The van der Waals surface area contributed by atoms with Crippen LogP contribution in [0, 0.1) is 5.92 Å². The number of hydrogen-bond acceptors (Lipinski definition) is 4. The lowest BCUT2D eigenvalue weighted by atomic mass is 9.92. The van der Waals surface area contributed by atoms with E-state index in [9.17, 15) is 13.2 Å². The molecule has 0 radical (unpaired) electrons. The highest BCUT2D eigenvalue weighted by Gasteiger charge is 2.33. The first-order valence-electron chi connectivity index (χ1n) is 10.1. The van der Waals surface area contributed by atoms with E-state index >= 15 is 0 Å². The highest BCUT2D eigenvalue weighted by atomic mass is 35.5. The number of esters is 1. The highest BCUT2D eigenvalue weighted by Crippen LogP contribution is 2.31. The maximum Gasteiger partial charge on any atom is 0.314 e. The summed E-state index contributed by atoms with van der Waals surface area (Å²) < 4.78 is 33.1. The van der Waals surface area contributed by atoms with E-state index in [0.717, 1.165) is 31.2 Å². The van der Waals surface area contributed by atoms with E-state index in [-0.39, 0.29) is 29.8 Å². The van der Waals surface area contributed by atoms with Gasteiger partial charge in [0.25, 0.3) is 0 Å². The molecule has 1 heterocycles. The van der Waals surface area contributed by atoms with Gasteiger partial charge in [-0.2, -0.15) is 4.31 Å². The normalized spacial score (nSPS) is 18.1. The Balaban J connectivity index is 1.40. The van der Waals surface area contributed by atoms with Gasteiger partial charge in [0.1, 0.15) is 5.75 Å². The quantitative estimate of drug-likeness (QED) is 0.474. The molecule has 5 nitrogen and oxygen atoms in total. The summed E-state index contributed by atoms with van der Waals surface area (Å²) in [7, 11) is -3.57. The number of nitrogens with zero attached hydrogens (tertiary/aromatic N) is 1. The van der Waals surface area contributed by atoms with Crippen LogP contribution in [0.25, 0.3) is 0 Å². The molecule has 0 aromatic heterocycles. The van der Waals surface area contributed by atoms with Crippen LogP contribution < -0.4 is 4.74 Å². The summed E-state index contributed by atoms with van der Waals surface area (Å²) in [6, 6.07) is 10.2. The predicted octanol–water partition coefficient (Wildman–Crippen LogP) is 4.88. The van der Waals surface area contributed by atoms with Crippen molar-refractivity contribution in [3.05, 3.63) is 57.6 Å². The van der Waals surface area contributed by atoms with Gasteiger partial charge in [-0.3, -0.25) is 4.79 Å². The van der Waals surface area contributed by atoms with Crippen LogP contribution in [0.1, 0.15) is 36.8 Å². The lowest BCUT2D eigenvalue weighted by molar-refractivity contribution is -0.140. The van der Waals surface area contributed by atoms with Crippen molar-refractivity contribution in [1.29, 1.82) is 0 Å². The minimum absolute atomic E-state index is 0.259. The summed E-state index contributed by atoms with van der Waals surface area (Å²) in [6.45, 7) is 0.571. The number of carbonyl (C=O) groups is 1. The zero-order valence-electron chi connectivity index (χ0n) is 16.4. The lowest BCUT2D eigenvalue weighted by Crippen LogP contribution is -2.41. The number of halogens is 2. The molecular weight excluding hydrogens is 445 g/mol. The third-order valence-electron chi connectivity index (χ3n) is 5.85. The second kappa shape index (κ2) is 8.87. The fourth-order valence-electron chi connectivity index (χ4n) is 4.10. The van der Waals surface area contributed by atoms with Gasteiger partial charge in [0.15, 0.2) is 0 Å². The van der Waals surface area contributed by atoms with Crippen LogP contribution in [0.15, 0.2) is 41.3 Å². The Morgan fingerprint density at radius 3 is 2.37 bits per heavy atom. The third-order valence-corrected chi connectivity index (χ3v) is 8.27. The molecule has 2 aromatic carbocycles. The van der Waals surface area contributed by atoms with Crippen molar-refractivity contribution < 1.29 is 17.9 Å². The van der Waals surface area contributed by atoms with E-state index < -0.39 is 16.0 Å². The standard InChI is InChI=1S/C22H23Cl2NO4S/c23-18-6-8-21(20(24)14-18)29-22(26)16-9-11-25(12-10-16)30(27,28)19-7-5-15-3-1-2-4-17(15)13-19/h5-8,13-14,16H,1-4,9-12H2. The molecule has 30 heavy (non-hydrogen) atoms. The summed E-state index contributed by atoms with van der Waals surface area (Å²) in [5, 5.41) is 0.726. The molecule has 8 heteroatoms. The maximum absolute atomic E-state index is 13.1. The van der Waals surface area contributed by atoms with Crippen molar-refractivity contribution in [3.8, 4) is 5.75 Å². The van der Waals surface area contributed by atoms with Crippen LogP contribution in [0.3, 0.4) is 0 Å². The van der Waals surface area contributed by atoms with Crippen molar-refractivity contribution in [2.45, 2.75) is 43.4 Å². The van der Waals surface area contributed by atoms with Gasteiger partial charge in [-0.15, -0.1) is 0 Å². The number of piperidine rings is 1. The number of fused-ring (bicyclic) bond motifs is 1. The molecule has 0 unspecified atom stereocenters. The molecule has 1 saturated heterocycles. The monoisotopic (exact) mass is 467 g/mol. The molecule has 2 aromatic rings. The summed E-state index contributed by atoms with van der Waals surface area (Å²) >= 11 is 11.9. The number of carbonyl (C=O) groups excluding carboxylic acids is 1. The molecule has 1 aliphatic carbocycles. The molecule has 0 N–H and O–H groups in total. The summed E-state index contributed by atoms with van der Waals surface area (Å²) in [6.07, 6.45) is 5.02. The van der Waals surface area contributed by atoms with Crippen molar-refractivity contribution in [2.75, 3.05) is 13.1 Å². The van der Waals surface area contributed by atoms with E-state index in [4.69, 9.17) is 27.9 Å². The Labute approximate surface area is 187 Å². The summed E-state index contributed by atoms with van der Waals surface area (Å²) in [5.74, 6) is -0.507. The van der Waals surface area contributed by atoms with E-state index in [2.05, 4.69) is 0 Å². The first-order chi connectivity index (χ1) is 14.3. The molecule has 0 atom stereocenters. The smallest absolute Gasteiger partial charge is 0.314 e. The second-order valence-corrected chi connectivity index (χ2v) is 10.6. The predicted molar refractivity (Wildman–Crippen MR) is 117 cm³/mol. The van der Waals surface area contributed by atoms with Crippen LogP contribution >= 0.6 is 23.2 Å². The van der Waals surface area contributed by atoms with Gasteiger partial charge >= 0.3 is 5.97 Å². The fraction of sp³-hybridized carbons (Fsp3) is 0.409. The van der Waals surface area contributed by atoms with Gasteiger partial charge in [-0.25, -0.2) is 8.42 Å². The number of aryl methyl sites for hydroxylation is 2. The molecule has 0 saturated carbocycles. The van der Waals surface area contributed by atoms with E-state index in [1.54, 1.807) is 18.2 Å². The average Bonchev–Trinajstić information content (AvgIpc) is 2.75. The molecule has 2 aliphatic rings. The largest absolute Gasteiger partial charge is 0.425 e. The summed E-state index contributed by atoms with van der Waals surface area (Å²) in [4.78, 5) is 12.9. The van der Waals surface area contributed by atoms with Gasteiger partial charge in [0.05, 0.1) is 15.8 Å². The van der Waals surface area contributed by atoms with Gasteiger partial charge < -0.3 is 4.74 Å². The molecule has 0 amide bonds. The van der Waals surface area contributed by atoms with Crippen molar-refractivity contribution in [2.24, 2.45) is 5.92 Å². The zero-order valence-corrected chi connectivity index (χ0v) is 18.8. The Kier molecular flexibility index (Phi) is 6.39. The SMILES string of the molecule is O=C(Oc1ccc(Cl)cc1Cl)C1CCN(S(=O)(=O)c2ccc3c(c2)CCCC3)CC1.